The van der Waals surface area contributed by atoms with Crippen molar-refractivity contribution in [2.75, 3.05) is 0 Å². The molecule has 0 spiro atoms. The van der Waals surface area contributed by atoms with Gasteiger partial charge in [-0.25, -0.2) is 4.57 Å². The van der Waals surface area contributed by atoms with E-state index in [0.717, 1.165) is 49.4 Å². The molecule has 0 aliphatic rings. The normalized spacial score (nSPS) is 12.0. The summed E-state index contributed by atoms with van der Waals surface area (Å²) in [5.41, 5.74) is 6.05. The molecule has 2 aromatic carbocycles. The van der Waals surface area contributed by atoms with Gasteiger partial charge in [-0.2, -0.15) is 0 Å². The molecule has 4 heterocycles. The van der Waals surface area contributed by atoms with E-state index in [1.54, 1.807) is 0 Å². The third-order valence-corrected chi connectivity index (χ3v) is 5.15. The summed E-state index contributed by atoms with van der Waals surface area (Å²) in [5.74, 6) is 0. The minimum atomic E-state index is 0.892. The highest BCUT2D eigenvalue weighted by Crippen LogP contribution is 2.32. The molecule has 0 amide bonds. The Balaban J connectivity index is 1.98. The first-order valence-electron chi connectivity index (χ1n) is 8.54. The predicted molar refractivity (Wildman–Crippen MR) is 102 cm³/mol. The van der Waals surface area contributed by atoms with E-state index in [0.29, 0.717) is 0 Å². The van der Waals surface area contributed by atoms with Crippen LogP contribution in [0.5, 0.6) is 0 Å². The molecule has 0 bridgehead atoms. The van der Waals surface area contributed by atoms with Crippen LogP contribution in [-0.4, -0.2) is 19.6 Å². The monoisotopic (exact) mass is 336 g/mol. The number of aryl methyl sites for hydroxylation is 1. The highest BCUT2D eigenvalue weighted by molar-refractivity contribution is 6.21. The van der Waals surface area contributed by atoms with Crippen molar-refractivity contribution in [2.45, 2.75) is 0 Å². The summed E-state index contributed by atoms with van der Waals surface area (Å²) < 4.78 is 4.20. The molecule has 5 heteroatoms. The Morgan fingerprint density at radius 1 is 0.769 bits per heavy atom. The van der Waals surface area contributed by atoms with E-state index in [4.69, 9.17) is 5.10 Å². The van der Waals surface area contributed by atoms with Crippen molar-refractivity contribution in [2.24, 2.45) is 7.05 Å². The summed E-state index contributed by atoms with van der Waals surface area (Å²) in [6.07, 6.45) is 3.63. The molecule has 0 fully saturated rings. The van der Waals surface area contributed by atoms with Gasteiger partial charge in [-0.1, -0.05) is 27.8 Å². The zero-order valence-electron chi connectivity index (χ0n) is 14.1. The van der Waals surface area contributed by atoms with Crippen molar-refractivity contribution in [1.82, 2.24) is 19.6 Å². The lowest BCUT2D eigenvalue weighted by atomic mass is 10.0. The number of nitrogens with zero attached hydrogens (tertiary/aromatic N) is 5. The molecule has 0 atom stereocenters. The zero-order chi connectivity index (χ0) is 17.3. The van der Waals surface area contributed by atoms with Crippen molar-refractivity contribution >= 4 is 49.4 Å². The topological polar surface area (TPSA) is 47.0 Å². The third-order valence-electron chi connectivity index (χ3n) is 5.15. The Bertz CT molecular complexity index is 1500. The van der Waals surface area contributed by atoms with Crippen LogP contribution in [0.25, 0.3) is 49.4 Å². The highest BCUT2D eigenvalue weighted by Gasteiger charge is 2.21. The van der Waals surface area contributed by atoms with E-state index in [9.17, 15) is 0 Å². The molecule has 0 saturated carbocycles. The number of imidazole rings is 1. The van der Waals surface area contributed by atoms with Gasteiger partial charge in [-0.15, -0.1) is 0 Å². The minimum absolute atomic E-state index is 0.892. The van der Waals surface area contributed by atoms with Crippen molar-refractivity contribution in [3.8, 4) is 0 Å². The Kier molecular flexibility index (Phi) is 2.48. The largest absolute Gasteiger partial charge is 0.308 e. The second kappa shape index (κ2) is 4.73. The molecule has 0 saturated heterocycles. The molecule has 0 radical (unpaired) electrons. The maximum absolute atomic E-state index is 5.03. The Hall–Kier alpha value is -3.60. The Morgan fingerprint density at radius 2 is 1.50 bits per heavy atom. The number of hydrogen-bond acceptors (Lipinski definition) is 3. The van der Waals surface area contributed by atoms with Gasteiger partial charge in [0.05, 0.1) is 18.1 Å². The summed E-state index contributed by atoms with van der Waals surface area (Å²) in [7, 11) is 2.08. The van der Waals surface area contributed by atoms with Gasteiger partial charge in [0.15, 0.2) is 5.52 Å². The van der Waals surface area contributed by atoms with Crippen LogP contribution >= 0.6 is 0 Å². The first kappa shape index (κ1) is 13.7. The van der Waals surface area contributed by atoms with Crippen molar-refractivity contribution in [3.63, 3.8) is 0 Å². The minimum Gasteiger partial charge on any atom is -0.254 e. The fourth-order valence-corrected chi connectivity index (χ4v) is 3.93. The number of rotatable bonds is 0. The predicted octanol–water partition coefficient (Wildman–Crippen LogP) is 3.56. The van der Waals surface area contributed by atoms with Gasteiger partial charge >= 0.3 is 5.65 Å². The fourth-order valence-electron chi connectivity index (χ4n) is 3.93. The Labute approximate surface area is 148 Å². The van der Waals surface area contributed by atoms with Gasteiger partial charge in [0.25, 0.3) is 0 Å². The smallest absolute Gasteiger partial charge is 0.254 e. The first-order valence-corrected chi connectivity index (χ1v) is 8.54. The van der Waals surface area contributed by atoms with Crippen LogP contribution in [0.2, 0.25) is 0 Å². The molecule has 6 rings (SSSR count). The molecule has 0 unspecified atom stereocenters. The molecule has 26 heavy (non-hydrogen) atoms. The second-order valence-electron chi connectivity index (χ2n) is 6.52. The molecule has 4 aromatic heterocycles. The van der Waals surface area contributed by atoms with E-state index < -0.39 is 0 Å². The average Bonchev–Trinajstić information content (AvgIpc) is 2.99. The van der Waals surface area contributed by atoms with Gasteiger partial charge in [-0.05, 0) is 30.3 Å². The lowest BCUT2D eigenvalue weighted by Crippen LogP contribution is -2.27. The molecule has 0 N–H and O–H groups in total. The van der Waals surface area contributed by atoms with Crippen LogP contribution in [-0.2, 0) is 7.05 Å². The third kappa shape index (κ3) is 1.59. The first-order chi connectivity index (χ1) is 12.8. The van der Waals surface area contributed by atoms with E-state index in [-0.39, 0.29) is 0 Å². The van der Waals surface area contributed by atoms with Crippen LogP contribution in [0, 0.1) is 0 Å². The van der Waals surface area contributed by atoms with Crippen LogP contribution in [0.15, 0.2) is 67.0 Å². The Morgan fingerprint density at radius 3 is 2.35 bits per heavy atom. The van der Waals surface area contributed by atoms with Crippen molar-refractivity contribution in [3.05, 3.63) is 67.0 Å². The van der Waals surface area contributed by atoms with Crippen molar-refractivity contribution < 1.29 is 4.57 Å². The standard InChI is InChI=1S/C21H14N5/c1-25-16-8-2-3-9-17(16)26-18(25)12-15-13-6-4-10-22-20(13)21-14(19(15)24-26)7-5-11-23-21/h2-12H,1H3/q+1. The van der Waals surface area contributed by atoms with Crippen LogP contribution in [0.3, 0.4) is 0 Å². The van der Waals surface area contributed by atoms with Crippen molar-refractivity contribution in [1.29, 1.82) is 0 Å². The van der Waals surface area contributed by atoms with Gasteiger partial charge in [-0.3, -0.25) is 9.97 Å². The maximum Gasteiger partial charge on any atom is 0.308 e. The molecule has 0 aliphatic carbocycles. The number of hydrogen-bond donors (Lipinski definition) is 0. The number of fused-ring (bicyclic) bond motifs is 9. The highest BCUT2D eigenvalue weighted by atomic mass is 15.3. The summed E-state index contributed by atoms with van der Waals surface area (Å²) >= 11 is 0. The van der Waals surface area contributed by atoms with Crippen LogP contribution < -0.4 is 4.57 Å². The van der Waals surface area contributed by atoms with E-state index in [1.807, 2.05) is 35.1 Å². The summed E-state index contributed by atoms with van der Waals surface area (Å²) in [6, 6.07) is 18.6. The van der Waals surface area contributed by atoms with E-state index >= 15 is 0 Å². The van der Waals surface area contributed by atoms with Gasteiger partial charge < -0.3 is 0 Å². The molecule has 0 aliphatic heterocycles. The summed E-state index contributed by atoms with van der Waals surface area (Å²) in [6.45, 7) is 0. The summed E-state index contributed by atoms with van der Waals surface area (Å²) in [5, 5.41) is 8.23. The van der Waals surface area contributed by atoms with Gasteiger partial charge in [0.1, 0.15) is 5.52 Å². The fraction of sp³-hybridized carbons (Fsp3) is 0.0476. The lowest BCUT2D eigenvalue weighted by molar-refractivity contribution is -0.618. The van der Waals surface area contributed by atoms with Gasteiger partial charge in [0, 0.05) is 34.6 Å². The number of para-hydroxylation sites is 2. The van der Waals surface area contributed by atoms with E-state index in [1.165, 1.54) is 0 Å². The lowest BCUT2D eigenvalue weighted by Gasteiger charge is -2.06. The summed E-state index contributed by atoms with van der Waals surface area (Å²) in [4.78, 5) is 9.19. The van der Waals surface area contributed by atoms with Crippen LogP contribution in [0.4, 0.5) is 0 Å². The zero-order valence-corrected chi connectivity index (χ0v) is 14.1. The van der Waals surface area contributed by atoms with E-state index in [2.05, 4.69) is 58.0 Å². The molecule has 6 aromatic rings. The molecule has 5 nitrogen and oxygen atoms in total. The maximum atomic E-state index is 5.03. The second-order valence-corrected chi connectivity index (χ2v) is 6.52. The number of benzene rings is 2. The SMILES string of the molecule is C[n+]1c2ccccc2n2nc3c(cc21)c1cccnc1c1ncccc31. The number of pyridine rings is 2. The number of aromatic nitrogens is 5. The molecular weight excluding hydrogens is 322 g/mol. The van der Waals surface area contributed by atoms with Gasteiger partial charge in [0.2, 0.25) is 5.52 Å². The average molecular weight is 336 g/mol. The quantitative estimate of drug-likeness (QED) is 0.315. The molecule has 122 valence electrons. The molecular formula is C21H14N5+. The van der Waals surface area contributed by atoms with Crippen LogP contribution in [0.1, 0.15) is 0 Å².